The van der Waals surface area contributed by atoms with Gasteiger partial charge in [-0.25, -0.2) is 9.78 Å². The van der Waals surface area contributed by atoms with Gasteiger partial charge in [-0.3, -0.25) is 38.6 Å². The number of aliphatic carboxylic acids is 2. The molecule has 0 spiro atoms. The SMILES string of the molecule is CC(C)C[C@H](NC(=O)[C@H](CCCCN)NC(=O)[C@@H](N)CCCCN)C(=O)N[C@@H](CCCN=C(N)N)C(=O)N[C@@H](Cc1cnc[nH]1)C(=O)N[C@@H](CCC(=O)O)C(=O)N[C@@H](CCCCN)C(=O)O. The molecule has 0 fully saturated rings. The lowest BCUT2D eigenvalue weighted by molar-refractivity contribution is -0.143. The number of nitrogens with two attached hydrogens (primary N) is 6. The van der Waals surface area contributed by atoms with Crippen molar-refractivity contribution < 1.29 is 48.6 Å². The van der Waals surface area contributed by atoms with Gasteiger partial charge >= 0.3 is 11.9 Å². The molecular weight excluding hydrogens is 863 g/mol. The molecule has 0 bridgehead atoms. The van der Waals surface area contributed by atoms with E-state index in [2.05, 4.69) is 46.9 Å². The number of carboxylic acids is 2. The number of aromatic amines is 1. The highest BCUT2D eigenvalue weighted by molar-refractivity contribution is 5.97. The van der Waals surface area contributed by atoms with Crippen LogP contribution in [0.3, 0.4) is 0 Å². The molecule has 1 aromatic heterocycles. The number of amides is 6. The monoisotopic (exact) mass is 938 g/mol. The Morgan fingerprint density at radius 2 is 1.05 bits per heavy atom. The number of rotatable bonds is 36. The predicted molar refractivity (Wildman–Crippen MR) is 244 cm³/mol. The van der Waals surface area contributed by atoms with Gasteiger partial charge in [0.15, 0.2) is 5.96 Å². The van der Waals surface area contributed by atoms with E-state index in [9.17, 15) is 48.6 Å². The molecule has 0 aliphatic carbocycles. The lowest BCUT2D eigenvalue weighted by atomic mass is 10.0. The normalized spacial score (nSPS) is 14.3. The minimum atomic E-state index is -1.54. The van der Waals surface area contributed by atoms with Crippen LogP contribution >= 0.6 is 0 Å². The van der Waals surface area contributed by atoms with Crippen LogP contribution in [0.4, 0.5) is 0 Å². The highest BCUT2D eigenvalue weighted by atomic mass is 16.4. The Labute approximate surface area is 385 Å². The molecule has 0 aliphatic rings. The Balaban J connectivity index is 3.51. The molecule has 0 unspecified atom stereocenters. The number of H-pyrrole nitrogens is 1. The number of aromatic nitrogens is 2. The van der Waals surface area contributed by atoms with Crippen LogP contribution in [-0.2, 0) is 44.8 Å². The zero-order valence-corrected chi connectivity index (χ0v) is 38.2. The van der Waals surface area contributed by atoms with Crippen molar-refractivity contribution in [3.63, 3.8) is 0 Å². The summed E-state index contributed by atoms with van der Waals surface area (Å²) in [6, 6.07) is -8.92. The van der Waals surface area contributed by atoms with Gasteiger partial charge in [0.05, 0.1) is 12.4 Å². The molecule has 0 aliphatic heterocycles. The summed E-state index contributed by atoms with van der Waals surface area (Å²) >= 11 is 0. The Bertz CT molecular complexity index is 1690. The van der Waals surface area contributed by atoms with E-state index in [1.165, 1.54) is 12.5 Å². The minimum Gasteiger partial charge on any atom is -0.481 e. The van der Waals surface area contributed by atoms with E-state index in [1.807, 2.05) is 13.8 Å². The molecule has 1 rings (SSSR count). The highest BCUT2D eigenvalue weighted by Crippen LogP contribution is 2.12. The molecule has 6 amide bonds. The fraction of sp³-hybridized carbons (Fsp3) is 0.707. The molecule has 374 valence electrons. The summed E-state index contributed by atoms with van der Waals surface area (Å²) in [5.74, 6) is -7.76. The smallest absolute Gasteiger partial charge is 0.326 e. The Hall–Kier alpha value is -5.92. The van der Waals surface area contributed by atoms with Crippen LogP contribution in [0, 0.1) is 5.92 Å². The number of imidazole rings is 1. The maximum Gasteiger partial charge on any atom is 0.326 e. The largest absolute Gasteiger partial charge is 0.481 e. The van der Waals surface area contributed by atoms with Crippen LogP contribution in [0.1, 0.15) is 109 Å². The van der Waals surface area contributed by atoms with Crippen LogP contribution in [0.25, 0.3) is 0 Å². The second-order valence-corrected chi connectivity index (χ2v) is 16.5. The molecule has 21 N–H and O–H groups in total. The molecule has 0 radical (unpaired) electrons. The van der Waals surface area contributed by atoms with E-state index in [1.54, 1.807) is 0 Å². The maximum absolute atomic E-state index is 14.2. The van der Waals surface area contributed by atoms with Crippen molar-refractivity contribution in [2.45, 2.75) is 152 Å². The van der Waals surface area contributed by atoms with Crippen LogP contribution in [0.5, 0.6) is 0 Å². The topological polar surface area (TPSA) is 446 Å². The summed E-state index contributed by atoms with van der Waals surface area (Å²) in [5.41, 5.74) is 34.2. The minimum absolute atomic E-state index is 0.0188. The van der Waals surface area contributed by atoms with E-state index >= 15 is 0 Å². The summed E-state index contributed by atoms with van der Waals surface area (Å²) in [5, 5.41) is 34.7. The standard InChI is InChI=1S/C41H75N15O10/c1-24(2)20-31(55-35(60)27(11-4-7-17-43)51-34(59)26(45)10-3-6-16-42)38(63)52-28(13-9-19-49-41(46)47)36(61)56-32(21-25-22-48-23-50-25)39(64)53-29(14-15-33(57)58)37(62)54-30(40(65)66)12-5-8-18-44/h22-24,26-32H,3-21,42-45H2,1-2H3,(H,48,50)(H,51,59)(H,52,63)(H,53,64)(H,54,62)(H,55,60)(H,56,61)(H,57,58)(H,65,66)(H4,46,47,49)/t26-,27-,28-,29-,30-,31-,32-/m0/s1. The number of hydrogen-bond acceptors (Lipinski definition) is 14. The predicted octanol–water partition coefficient (Wildman–Crippen LogP) is -3.38. The molecular formula is C41H75N15O10. The first-order chi connectivity index (χ1) is 31.3. The number of nitrogens with zero attached hydrogens (tertiary/aromatic N) is 2. The second kappa shape index (κ2) is 32.7. The molecule has 1 heterocycles. The first kappa shape index (κ1) is 58.1. The van der Waals surface area contributed by atoms with Crippen LogP contribution in [0.2, 0.25) is 0 Å². The third-order valence-electron chi connectivity index (χ3n) is 10.3. The number of hydrogen-bond donors (Lipinski definition) is 15. The molecule has 7 atom stereocenters. The summed E-state index contributed by atoms with van der Waals surface area (Å²) in [6.07, 6.45) is 5.40. The Morgan fingerprint density at radius 3 is 1.53 bits per heavy atom. The number of guanidine groups is 1. The van der Waals surface area contributed by atoms with E-state index in [-0.39, 0.29) is 56.9 Å². The summed E-state index contributed by atoms with van der Waals surface area (Å²) < 4.78 is 0. The van der Waals surface area contributed by atoms with E-state index in [0.29, 0.717) is 70.3 Å². The van der Waals surface area contributed by atoms with Crippen LogP contribution < -0.4 is 66.3 Å². The van der Waals surface area contributed by atoms with Crippen molar-refractivity contribution in [1.29, 1.82) is 0 Å². The summed E-state index contributed by atoms with van der Waals surface area (Å²) in [4.78, 5) is 117. The molecule has 25 nitrogen and oxygen atoms in total. The van der Waals surface area contributed by atoms with Crippen LogP contribution in [-0.4, -0.2) is 142 Å². The number of carboxylic acid groups (broad SMARTS) is 2. The number of carbonyl (C=O) groups excluding carboxylic acids is 6. The number of aliphatic imine (C=N–C) groups is 1. The average molecular weight is 938 g/mol. The van der Waals surface area contributed by atoms with Crippen molar-refractivity contribution in [1.82, 2.24) is 41.9 Å². The molecule has 0 aromatic carbocycles. The van der Waals surface area contributed by atoms with Crippen molar-refractivity contribution in [2.24, 2.45) is 45.3 Å². The van der Waals surface area contributed by atoms with E-state index < -0.39 is 103 Å². The fourth-order valence-corrected chi connectivity index (χ4v) is 6.63. The fourth-order valence-electron chi connectivity index (χ4n) is 6.63. The van der Waals surface area contributed by atoms with Gasteiger partial charge in [0, 0.05) is 31.3 Å². The first-order valence-corrected chi connectivity index (χ1v) is 22.5. The maximum atomic E-state index is 14.2. The Morgan fingerprint density at radius 1 is 0.606 bits per heavy atom. The van der Waals surface area contributed by atoms with Gasteiger partial charge in [-0.2, -0.15) is 0 Å². The Kier molecular flexibility index (Phi) is 28.8. The van der Waals surface area contributed by atoms with Gasteiger partial charge < -0.3 is 81.5 Å². The summed E-state index contributed by atoms with van der Waals surface area (Å²) in [6.45, 7) is 4.76. The summed E-state index contributed by atoms with van der Waals surface area (Å²) in [7, 11) is 0. The average Bonchev–Trinajstić information content (AvgIpc) is 3.77. The molecule has 0 saturated carbocycles. The van der Waals surface area contributed by atoms with E-state index in [4.69, 9.17) is 34.4 Å². The molecule has 1 aromatic rings. The highest BCUT2D eigenvalue weighted by Gasteiger charge is 2.34. The zero-order chi connectivity index (χ0) is 49.6. The van der Waals surface area contributed by atoms with Crippen LogP contribution in [0.15, 0.2) is 17.5 Å². The lowest BCUT2D eigenvalue weighted by Gasteiger charge is -2.28. The quantitative estimate of drug-likeness (QED) is 0.0177. The van der Waals surface area contributed by atoms with Crippen molar-refractivity contribution in [3.05, 3.63) is 18.2 Å². The van der Waals surface area contributed by atoms with Crippen molar-refractivity contribution in [2.75, 3.05) is 26.2 Å². The number of carbonyl (C=O) groups is 8. The second-order valence-electron chi connectivity index (χ2n) is 16.5. The molecule has 25 heteroatoms. The van der Waals surface area contributed by atoms with Gasteiger partial charge in [0.1, 0.15) is 36.3 Å². The molecule has 0 saturated heterocycles. The number of unbranched alkanes of at least 4 members (excludes halogenated alkanes) is 3. The third kappa shape index (κ3) is 24.4. The third-order valence-corrected chi connectivity index (χ3v) is 10.3. The van der Waals surface area contributed by atoms with Crippen molar-refractivity contribution >= 4 is 53.3 Å². The first-order valence-electron chi connectivity index (χ1n) is 22.5. The molecule has 66 heavy (non-hydrogen) atoms. The van der Waals surface area contributed by atoms with Gasteiger partial charge in [-0.15, -0.1) is 0 Å². The van der Waals surface area contributed by atoms with E-state index in [0.717, 1.165) is 0 Å². The van der Waals surface area contributed by atoms with Gasteiger partial charge in [-0.1, -0.05) is 20.3 Å². The van der Waals surface area contributed by atoms with Gasteiger partial charge in [0.2, 0.25) is 35.4 Å². The zero-order valence-electron chi connectivity index (χ0n) is 38.2. The lowest BCUT2D eigenvalue weighted by Crippen LogP contribution is -2.60. The van der Waals surface area contributed by atoms with Gasteiger partial charge in [0.25, 0.3) is 0 Å². The van der Waals surface area contributed by atoms with Crippen molar-refractivity contribution in [3.8, 4) is 0 Å². The number of nitrogens with one attached hydrogen (secondary N) is 7. The van der Waals surface area contributed by atoms with Gasteiger partial charge in [-0.05, 0) is 103 Å².